The van der Waals surface area contributed by atoms with E-state index in [1.54, 1.807) is 6.92 Å². The van der Waals surface area contributed by atoms with Gasteiger partial charge in [0.15, 0.2) is 5.79 Å². The van der Waals surface area contributed by atoms with Crippen molar-refractivity contribution in [1.29, 1.82) is 0 Å². The van der Waals surface area contributed by atoms with Crippen LogP contribution in [-0.4, -0.2) is 72.9 Å². The van der Waals surface area contributed by atoms with Crippen molar-refractivity contribution < 1.29 is 59.8 Å². The van der Waals surface area contributed by atoms with Gasteiger partial charge in [0.2, 0.25) is 0 Å². The van der Waals surface area contributed by atoms with Crippen molar-refractivity contribution in [1.82, 2.24) is 0 Å². The molecule has 0 aromatic heterocycles. The molecule has 1 saturated heterocycles. The number of halogens is 2. The summed E-state index contributed by atoms with van der Waals surface area (Å²) in [5.74, 6) is -4.59. The molecule has 0 aromatic rings. The van der Waals surface area contributed by atoms with Crippen molar-refractivity contribution in [2.45, 2.75) is 146 Å². The number of carbonyl (C=O) groups excluding carboxylic acids is 3. The number of fused-ring (bicyclic) bond motifs is 7. The lowest BCUT2D eigenvalue weighted by atomic mass is 9.62. The van der Waals surface area contributed by atoms with Crippen LogP contribution in [0.1, 0.15) is 117 Å². The van der Waals surface area contributed by atoms with Gasteiger partial charge in [-0.1, -0.05) is 37.1 Å². The molecule has 7 rings (SSSR count). The molecular weight excluding hydrogens is 702 g/mol. The number of ether oxygens (including phenoxy) is 5. The van der Waals surface area contributed by atoms with Gasteiger partial charge in [0.1, 0.15) is 31.0 Å². The van der Waals surface area contributed by atoms with Crippen LogP contribution >= 0.6 is 0 Å². The van der Waals surface area contributed by atoms with Crippen LogP contribution in [0, 0.1) is 34.5 Å². The van der Waals surface area contributed by atoms with Crippen molar-refractivity contribution in [3.8, 4) is 0 Å². The molecule has 6 bridgehead atoms. The molecule has 6 aliphatic carbocycles. The molecule has 5 fully saturated rings. The summed E-state index contributed by atoms with van der Waals surface area (Å²) >= 11 is 0. The van der Waals surface area contributed by atoms with Crippen molar-refractivity contribution in [2.24, 2.45) is 34.5 Å². The Morgan fingerprint density at radius 2 is 1.62 bits per heavy atom. The van der Waals surface area contributed by atoms with Gasteiger partial charge in [-0.2, -0.15) is 17.2 Å². The summed E-state index contributed by atoms with van der Waals surface area (Å²) in [6, 6.07) is 0. The average molecular weight is 755 g/mol. The largest absolute Gasteiger partial charge is 0.465 e. The molecule has 290 valence electrons. The first kappa shape index (κ1) is 37.9. The van der Waals surface area contributed by atoms with Crippen molar-refractivity contribution in [3.63, 3.8) is 0 Å². The van der Waals surface area contributed by atoms with Gasteiger partial charge in [0, 0.05) is 11.8 Å². The highest BCUT2D eigenvalue weighted by atomic mass is 32.2. The van der Waals surface area contributed by atoms with Gasteiger partial charge in [-0.25, -0.2) is 4.79 Å². The van der Waals surface area contributed by atoms with E-state index in [-0.39, 0.29) is 50.3 Å². The van der Waals surface area contributed by atoms with Gasteiger partial charge in [0.05, 0.1) is 10.8 Å². The number of esters is 3. The second-order valence-electron chi connectivity index (χ2n) is 17.4. The monoisotopic (exact) mass is 754 g/mol. The molecule has 1 N–H and O–H groups in total. The fourth-order valence-corrected chi connectivity index (χ4v) is 11.4. The van der Waals surface area contributed by atoms with Gasteiger partial charge >= 0.3 is 33.3 Å². The van der Waals surface area contributed by atoms with Crippen molar-refractivity contribution in [2.75, 3.05) is 13.2 Å². The zero-order valence-electron chi connectivity index (χ0n) is 30.3. The van der Waals surface area contributed by atoms with Crippen molar-refractivity contribution >= 4 is 28.0 Å². The van der Waals surface area contributed by atoms with E-state index in [0.717, 1.165) is 44.9 Å². The van der Waals surface area contributed by atoms with Gasteiger partial charge in [-0.3, -0.25) is 14.1 Å². The second-order valence-corrected chi connectivity index (χ2v) is 18.9. The van der Waals surface area contributed by atoms with Crippen LogP contribution in [0.25, 0.3) is 0 Å². The van der Waals surface area contributed by atoms with Gasteiger partial charge in [0.25, 0.3) is 0 Å². The van der Waals surface area contributed by atoms with E-state index in [1.807, 2.05) is 6.92 Å². The van der Waals surface area contributed by atoms with E-state index >= 15 is 0 Å². The minimum absolute atomic E-state index is 0.0129. The lowest BCUT2D eigenvalue weighted by molar-refractivity contribution is -0.294. The SMILES string of the molecule is CC1C=C2CCCC(C(=O)OCC3OC4(OC3COC(=O)C3(C)C=C5CCCC(C5)C3)C(C)CC3(OC(=O)C(F)(F)S(=O)(=O)O)CCCC4C3)(C2)C1. The fourth-order valence-electron chi connectivity index (χ4n) is 11.1. The van der Waals surface area contributed by atoms with Crippen LogP contribution in [0.3, 0.4) is 0 Å². The third-order valence-electron chi connectivity index (χ3n) is 13.2. The number of hydrogen-bond acceptors (Lipinski definition) is 10. The maximum Gasteiger partial charge on any atom is 0.465 e. The van der Waals surface area contributed by atoms with Crippen LogP contribution in [-0.2, 0) is 48.2 Å². The third kappa shape index (κ3) is 6.76. The van der Waals surface area contributed by atoms with Crippen LogP contribution in [0.4, 0.5) is 8.78 Å². The Bertz CT molecular complexity index is 1640. The maximum atomic E-state index is 14.3. The normalized spacial score (nSPS) is 41.4. The maximum absolute atomic E-state index is 14.3. The van der Waals surface area contributed by atoms with Crippen LogP contribution < -0.4 is 0 Å². The summed E-state index contributed by atoms with van der Waals surface area (Å²) in [4.78, 5) is 40.0. The Balaban J connectivity index is 1.10. The molecular formula is C38H52F2O11S. The highest BCUT2D eigenvalue weighted by Crippen LogP contribution is 2.58. The quantitative estimate of drug-likeness (QED) is 0.117. The lowest BCUT2D eigenvalue weighted by Gasteiger charge is -2.54. The molecule has 1 aliphatic heterocycles. The molecule has 1 heterocycles. The first-order valence-electron chi connectivity index (χ1n) is 19.1. The summed E-state index contributed by atoms with van der Waals surface area (Å²) in [5.41, 5.74) is -0.224. The minimum Gasteiger partial charge on any atom is -0.462 e. The molecule has 0 aromatic carbocycles. The predicted octanol–water partition coefficient (Wildman–Crippen LogP) is 6.60. The average Bonchev–Trinajstić information content (AvgIpc) is 3.44. The number of rotatable bonds is 9. The first-order chi connectivity index (χ1) is 24.4. The molecule has 0 radical (unpaired) electrons. The smallest absolute Gasteiger partial charge is 0.462 e. The summed E-state index contributed by atoms with van der Waals surface area (Å²) in [6.07, 6.45) is 12.9. The van der Waals surface area contributed by atoms with Crippen LogP contribution in [0.2, 0.25) is 0 Å². The summed E-state index contributed by atoms with van der Waals surface area (Å²) in [5, 5.41) is -5.12. The van der Waals surface area contributed by atoms with Gasteiger partial charge in [-0.15, -0.1) is 0 Å². The summed E-state index contributed by atoms with van der Waals surface area (Å²) < 4.78 is 91.1. The third-order valence-corrected chi connectivity index (χ3v) is 14.0. The molecule has 0 amide bonds. The zero-order chi connectivity index (χ0) is 37.3. The molecule has 10 unspecified atom stereocenters. The van der Waals surface area contributed by atoms with Gasteiger partial charge in [-0.05, 0) is 115 Å². The second kappa shape index (κ2) is 13.4. The predicted molar refractivity (Wildman–Crippen MR) is 181 cm³/mol. The Morgan fingerprint density at radius 3 is 2.31 bits per heavy atom. The first-order valence-corrected chi connectivity index (χ1v) is 20.5. The molecule has 14 heteroatoms. The summed E-state index contributed by atoms with van der Waals surface area (Å²) in [7, 11) is -6.04. The van der Waals surface area contributed by atoms with E-state index in [9.17, 15) is 31.6 Å². The molecule has 52 heavy (non-hydrogen) atoms. The standard InChI is InChI=1S/C38H52F2O11S/c1-23-13-25-9-5-11-35(15-23,19-25)32(42)48-22-30-29(21-47-31(41)34(3)17-26-7-4-8-27(14-26)18-34)49-37(50-30)24(2)16-36(12-6-10-28(37)20-36)51-33(43)38(39,40)52(44,45)46/h13,17,23-24,27-30H,4-12,14-16,18-22H2,1-3H3,(H,44,45,46). The highest BCUT2D eigenvalue weighted by Gasteiger charge is 2.65. The van der Waals surface area contributed by atoms with Crippen LogP contribution in [0.15, 0.2) is 23.3 Å². The number of carbonyl (C=O) groups is 3. The van der Waals surface area contributed by atoms with E-state index in [1.165, 1.54) is 11.1 Å². The Kier molecular flexibility index (Phi) is 9.76. The van der Waals surface area contributed by atoms with E-state index in [2.05, 4.69) is 19.1 Å². The Labute approximate surface area is 304 Å². The Hall–Kier alpha value is -2.42. The number of alkyl halides is 2. The Morgan fingerprint density at radius 1 is 0.923 bits per heavy atom. The number of allylic oxidation sites excluding steroid dienone is 3. The highest BCUT2D eigenvalue weighted by molar-refractivity contribution is 7.87. The van der Waals surface area contributed by atoms with Gasteiger partial charge < -0.3 is 23.7 Å². The summed E-state index contributed by atoms with van der Waals surface area (Å²) in [6.45, 7) is 5.52. The fraction of sp³-hybridized carbons (Fsp3) is 0.816. The van der Waals surface area contributed by atoms with Crippen LogP contribution in [0.5, 0.6) is 0 Å². The van der Waals surface area contributed by atoms with E-state index in [4.69, 9.17) is 28.2 Å². The zero-order valence-corrected chi connectivity index (χ0v) is 31.1. The molecule has 4 saturated carbocycles. The van der Waals surface area contributed by atoms with E-state index in [0.29, 0.717) is 38.0 Å². The van der Waals surface area contributed by atoms with Crippen molar-refractivity contribution in [3.05, 3.63) is 23.3 Å². The number of hydrogen-bond donors (Lipinski definition) is 1. The molecule has 7 aliphatic rings. The molecule has 1 spiro atoms. The van der Waals surface area contributed by atoms with E-state index < -0.39 is 67.6 Å². The molecule has 11 nitrogen and oxygen atoms in total. The minimum atomic E-state index is -6.04. The lowest BCUT2D eigenvalue weighted by Crippen LogP contribution is -2.60. The molecule has 10 atom stereocenters. The topological polar surface area (TPSA) is 152 Å².